The van der Waals surface area contributed by atoms with Gasteiger partial charge in [0.2, 0.25) is 6.04 Å². The second-order valence-electron chi connectivity index (χ2n) is 6.98. The zero-order valence-electron chi connectivity index (χ0n) is 17.5. The van der Waals surface area contributed by atoms with Gasteiger partial charge in [0, 0.05) is 16.6 Å². The van der Waals surface area contributed by atoms with Crippen LogP contribution in [0.2, 0.25) is 10.0 Å². The number of rotatable bonds is 6. The van der Waals surface area contributed by atoms with Crippen LogP contribution in [0.15, 0.2) is 46.6 Å². The normalized spacial score (nSPS) is 13.6. The molecule has 2 aromatic carbocycles. The predicted octanol–water partition coefficient (Wildman–Crippen LogP) is 5.63. The van der Waals surface area contributed by atoms with E-state index in [-0.39, 0.29) is 17.3 Å². The number of carboxylic acid groups (broad SMARTS) is 1. The quantitative estimate of drug-likeness (QED) is 0.544. The molecule has 0 aliphatic heterocycles. The highest BCUT2D eigenvalue weighted by Crippen LogP contribution is 2.40. The van der Waals surface area contributed by atoms with Crippen molar-refractivity contribution in [1.82, 2.24) is 4.90 Å². The number of aryl methyl sites for hydroxylation is 1. The van der Waals surface area contributed by atoms with E-state index in [1.54, 1.807) is 50.2 Å². The number of carbonyl (C=O) groups excluding carboxylic acids is 1. The molecule has 0 heterocycles. The molecular weight excluding hydrogens is 453 g/mol. The van der Waals surface area contributed by atoms with Gasteiger partial charge < -0.3 is 5.11 Å². The SMILES string of the molecule is CCN(C(=O)O)C(=O)C(C#N)N=Nc1cc(C)c(C(C)(C#N)c2ccc(Cl)cc2)c(Cl)c1. The maximum Gasteiger partial charge on any atom is 0.414 e. The minimum absolute atomic E-state index is 0.126. The number of hydrogen-bond acceptors (Lipinski definition) is 6. The molecule has 0 aliphatic carbocycles. The van der Waals surface area contributed by atoms with Crippen molar-refractivity contribution in [2.45, 2.75) is 32.2 Å². The van der Waals surface area contributed by atoms with Crippen molar-refractivity contribution in [2.75, 3.05) is 6.54 Å². The van der Waals surface area contributed by atoms with Crippen LogP contribution in [-0.4, -0.2) is 34.6 Å². The predicted molar refractivity (Wildman–Crippen MR) is 119 cm³/mol. The van der Waals surface area contributed by atoms with Gasteiger partial charge in [0.25, 0.3) is 5.91 Å². The zero-order chi connectivity index (χ0) is 24.1. The molecule has 0 saturated heterocycles. The molecule has 0 radical (unpaired) electrons. The van der Waals surface area contributed by atoms with Gasteiger partial charge in [-0.15, -0.1) is 0 Å². The Morgan fingerprint density at radius 2 is 1.84 bits per heavy atom. The van der Waals surface area contributed by atoms with E-state index < -0.39 is 23.5 Å². The Morgan fingerprint density at radius 3 is 2.31 bits per heavy atom. The molecule has 2 aromatic rings. The van der Waals surface area contributed by atoms with Gasteiger partial charge >= 0.3 is 6.09 Å². The number of amides is 2. The summed E-state index contributed by atoms with van der Waals surface area (Å²) in [5.41, 5.74) is 1.09. The van der Waals surface area contributed by atoms with Crippen molar-refractivity contribution in [1.29, 1.82) is 10.5 Å². The zero-order valence-corrected chi connectivity index (χ0v) is 19.0. The van der Waals surface area contributed by atoms with Gasteiger partial charge in [0.15, 0.2) is 0 Å². The molecule has 2 unspecified atom stereocenters. The fourth-order valence-corrected chi connectivity index (χ4v) is 3.83. The molecule has 0 aromatic heterocycles. The van der Waals surface area contributed by atoms with Crippen LogP contribution in [-0.2, 0) is 10.2 Å². The lowest BCUT2D eigenvalue weighted by atomic mass is 9.75. The molecule has 2 atom stereocenters. The van der Waals surface area contributed by atoms with Crippen molar-refractivity contribution >= 4 is 40.9 Å². The summed E-state index contributed by atoms with van der Waals surface area (Å²) < 4.78 is 0. The molecular formula is C22H19Cl2N5O3. The summed E-state index contributed by atoms with van der Waals surface area (Å²) in [6, 6.07) is 12.3. The molecule has 0 saturated carbocycles. The highest BCUT2D eigenvalue weighted by atomic mass is 35.5. The third-order valence-electron chi connectivity index (χ3n) is 4.88. The molecule has 164 valence electrons. The Morgan fingerprint density at radius 1 is 1.22 bits per heavy atom. The second kappa shape index (κ2) is 10.2. The Hall–Kier alpha value is -3.46. The van der Waals surface area contributed by atoms with E-state index in [2.05, 4.69) is 16.3 Å². The summed E-state index contributed by atoms with van der Waals surface area (Å²) in [4.78, 5) is 23.8. The smallest absolute Gasteiger partial charge is 0.414 e. The van der Waals surface area contributed by atoms with E-state index in [0.717, 1.165) is 0 Å². The summed E-state index contributed by atoms with van der Waals surface area (Å²) in [6.07, 6.45) is -1.48. The minimum atomic E-state index is -1.62. The van der Waals surface area contributed by atoms with Crippen LogP contribution in [0.25, 0.3) is 0 Å². The first kappa shape index (κ1) is 24.8. The van der Waals surface area contributed by atoms with Crippen LogP contribution in [0, 0.1) is 29.6 Å². The van der Waals surface area contributed by atoms with Gasteiger partial charge in [-0.05, 0) is 61.7 Å². The van der Waals surface area contributed by atoms with Crippen molar-refractivity contribution in [3.8, 4) is 12.1 Å². The molecule has 2 amide bonds. The largest absolute Gasteiger partial charge is 0.465 e. The fourth-order valence-electron chi connectivity index (χ4n) is 3.25. The first-order chi connectivity index (χ1) is 15.1. The number of nitriles is 2. The van der Waals surface area contributed by atoms with E-state index in [1.807, 2.05) is 0 Å². The number of nitrogens with zero attached hydrogens (tertiary/aromatic N) is 5. The molecule has 0 fully saturated rings. The van der Waals surface area contributed by atoms with Gasteiger partial charge in [0.1, 0.15) is 11.5 Å². The van der Waals surface area contributed by atoms with Gasteiger partial charge in [-0.3, -0.25) is 4.79 Å². The lowest BCUT2D eigenvalue weighted by molar-refractivity contribution is -0.129. The van der Waals surface area contributed by atoms with Gasteiger partial charge in [-0.2, -0.15) is 20.8 Å². The van der Waals surface area contributed by atoms with Crippen LogP contribution in [0.1, 0.15) is 30.5 Å². The van der Waals surface area contributed by atoms with Crippen molar-refractivity contribution in [2.24, 2.45) is 10.2 Å². The maximum atomic E-state index is 12.2. The maximum absolute atomic E-state index is 12.2. The number of imide groups is 1. The fraction of sp³-hybridized carbons (Fsp3) is 0.273. The van der Waals surface area contributed by atoms with E-state index in [0.29, 0.717) is 26.6 Å². The summed E-state index contributed by atoms with van der Waals surface area (Å²) in [6.45, 7) is 4.83. The Balaban J connectivity index is 2.43. The number of benzene rings is 2. The van der Waals surface area contributed by atoms with Crippen LogP contribution in [0.5, 0.6) is 0 Å². The number of carbonyl (C=O) groups is 2. The summed E-state index contributed by atoms with van der Waals surface area (Å²) in [7, 11) is 0. The third kappa shape index (κ3) is 5.05. The lowest BCUT2D eigenvalue weighted by Crippen LogP contribution is -2.41. The number of halogens is 2. The third-order valence-corrected chi connectivity index (χ3v) is 5.43. The van der Waals surface area contributed by atoms with E-state index in [4.69, 9.17) is 28.3 Å². The molecule has 0 bridgehead atoms. The van der Waals surface area contributed by atoms with Crippen LogP contribution in [0.4, 0.5) is 10.5 Å². The minimum Gasteiger partial charge on any atom is -0.465 e. The number of hydrogen-bond donors (Lipinski definition) is 1. The standard InChI is InChI=1S/C22H19Cl2N5O3/c1-4-29(21(31)32)20(30)18(11-25)28-27-16-9-13(2)19(17(24)10-16)22(3,12-26)14-5-7-15(23)8-6-14/h5-10,18H,4H2,1-3H3,(H,31,32). The average Bonchev–Trinajstić information content (AvgIpc) is 2.74. The van der Waals surface area contributed by atoms with Crippen molar-refractivity contribution < 1.29 is 14.7 Å². The number of likely N-dealkylation sites (N-methyl/N-ethyl adjacent to an activating group) is 1. The summed E-state index contributed by atoms with van der Waals surface area (Å²) >= 11 is 12.5. The lowest BCUT2D eigenvalue weighted by Gasteiger charge is -2.26. The molecule has 1 N–H and O–H groups in total. The van der Waals surface area contributed by atoms with Gasteiger partial charge in [0.05, 0.1) is 11.8 Å². The van der Waals surface area contributed by atoms with Crippen LogP contribution in [0.3, 0.4) is 0 Å². The van der Waals surface area contributed by atoms with E-state index in [9.17, 15) is 20.1 Å². The highest BCUT2D eigenvalue weighted by molar-refractivity contribution is 6.32. The van der Waals surface area contributed by atoms with Crippen LogP contribution >= 0.6 is 23.2 Å². The molecule has 0 spiro atoms. The van der Waals surface area contributed by atoms with Gasteiger partial charge in [-0.25, -0.2) is 9.69 Å². The average molecular weight is 472 g/mol. The molecule has 8 nitrogen and oxygen atoms in total. The van der Waals surface area contributed by atoms with E-state index >= 15 is 0 Å². The highest BCUT2D eigenvalue weighted by Gasteiger charge is 2.33. The molecule has 10 heteroatoms. The first-order valence-corrected chi connectivity index (χ1v) is 10.2. The van der Waals surface area contributed by atoms with Crippen molar-refractivity contribution in [3.05, 3.63) is 63.1 Å². The molecule has 0 aliphatic rings. The first-order valence-electron chi connectivity index (χ1n) is 9.41. The summed E-state index contributed by atoms with van der Waals surface area (Å²) in [5, 5.41) is 36.6. The molecule has 2 rings (SSSR count). The van der Waals surface area contributed by atoms with Crippen LogP contribution < -0.4 is 0 Å². The van der Waals surface area contributed by atoms with Gasteiger partial charge in [-0.1, -0.05) is 35.3 Å². The topological polar surface area (TPSA) is 130 Å². The molecule has 32 heavy (non-hydrogen) atoms. The Bertz CT molecular complexity index is 1130. The monoisotopic (exact) mass is 471 g/mol. The number of azo groups is 1. The second-order valence-corrected chi connectivity index (χ2v) is 7.82. The Labute approximate surface area is 195 Å². The Kier molecular flexibility index (Phi) is 7.93. The van der Waals surface area contributed by atoms with E-state index in [1.165, 1.54) is 13.0 Å². The summed E-state index contributed by atoms with van der Waals surface area (Å²) in [5.74, 6) is -0.995. The van der Waals surface area contributed by atoms with Crippen molar-refractivity contribution in [3.63, 3.8) is 0 Å².